The molecule has 2 saturated heterocycles. The first-order valence-electron chi connectivity index (χ1n) is 9.58. The summed E-state index contributed by atoms with van der Waals surface area (Å²) in [5.74, 6) is -0.163. The first kappa shape index (κ1) is 19.1. The second kappa shape index (κ2) is 7.65. The van der Waals surface area contributed by atoms with E-state index in [1.807, 2.05) is 4.90 Å². The van der Waals surface area contributed by atoms with E-state index in [9.17, 15) is 18.8 Å². The van der Waals surface area contributed by atoms with E-state index in [0.29, 0.717) is 50.1 Å². The van der Waals surface area contributed by atoms with Gasteiger partial charge in [-0.2, -0.15) is 0 Å². The molecule has 1 aromatic heterocycles. The minimum Gasteiger partial charge on any atom is -0.339 e. The molecule has 0 radical (unpaired) electrons. The van der Waals surface area contributed by atoms with Gasteiger partial charge in [0, 0.05) is 63.7 Å². The van der Waals surface area contributed by atoms with Gasteiger partial charge in [0.05, 0.1) is 5.69 Å². The lowest BCUT2D eigenvalue weighted by atomic mass is 10.0. The second-order valence-corrected chi connectivity index (χ2v) is 7.37. The Kier molecular flexibility index (Phi) is 5.04. The third-order valence-electron chi connectivity index (χ3n) is 5.46. The van der Waals surface area contributed by atoms with Gasteiger partial charge in [-0.3, -0.25) is 19.4 Å². The Balaban J connectivity index is 1.52. The van der Waals surface area contributed by atoms with Crippen LogP contribution in [-0.2, 0) is 9.59 Å². The number of aromatic nitrogens is 2. The number of H-pyrrole nitrogens is 1. The lowest BCUT2D eigenvalue weighted by molar-refractivity contribution is -0.129. The number of carbonyl (C=O) groups is 2. The molecule has 8 nitrogen and oxygen atoms in total. The minimum atomic E-state index is -0.359. The van der Waals surface area contributed by atoms with Gasteiger partial charge in [0.25, 0.3) is 5.56 Å². The van der Waals surface area contributed by atoms with Crippen molar-refractivity contribution in [3.8, 4) is 0 Å². The van der Waals surface area contributed by atoms with Crippen LogP contribution in [0.25, 0.3) is 0 Å². The normalized spacial score (nSPS) is 19.7. The highest BCUT2D eigenvalue weighted by atomic mass is 19.1. The number of nitrogens with zero attached hydrogens (tertiary/aromatic N) is 4. The molecule has 0 bridgehead atoms. The number of carbonyl (C=O) groups excluding carboxylic acids is 2. The monoisotopic (exact) mass is 399 g/mol. The number of hydrogen-bond acceptors (Lipinski definition) is 5. The summed E-state index contributed by atoms with van der Waals surface area (Å²) in [7, 11) is 0. The summed E-state index contributed by atoms with van der Waals surface area (Å²) in [5, 5.41) is 0. The molecule has 0 unspecified atom stereocenters. The number of aromatic amines is 1. The predicted molar refractivity (Wildman–Crippen MR) is 105 cm³/mol. The van der Waals surface area contributed by atoms with Crippen molar-refractivity contribution in [2.24, 2.45) is 0 Å². The van der Waals surface area contributed by atoms with Crippen LogP contribution in [0.4, 0.5) is 16.0 Å². The molecule has 29 heavy (non-hydrogen) atoms. The third-order valence-corrected chi connectivity index (χ3v) is 5.46. The van der Waals surface area contributed by atoms with E-state index in [-0.39, 0.29) is 35.5 Å². The van der Waals surface area contributed by atoms with Gasteiger partial charge in [0.1, 0.15) is 5.82 Å². The zero-order valence-corrected chi connectivity index (χ0v) is 16.1. The minimum absolute atomic E-state index is 0.0326. The van der Waals surface area contributed by atoms with Gasteiger partial charge >= 0.3 is 0 Å². The predicted octanol–water partition coefficient (Wildman–Crippen LogP) is 1.10. The largest absolute Gasteiger partial charge is 0.339 e. The molecular formula is C20H22FN5O3. The van der Waals surface area contributed by atoms with E-state index in [1.165, 1.54) is 18.2 Å². The zero-order valence-electron chi connectivity index (χ0n) is 16.1. The second-order valence-electron chi connectivity index (χ2n) is 7.37. The summed E-state index contributed by atoms with van der Waals surface area (Å²) in [5.41, 5.74) is 0.923. The van der Waals surface area contributed by atoms with Gasteiger partial charge in [0.2, 0.25) is 17.8 Å². The fourth-order valence-corrected chi connectivity index (χ4v) is 3.83. The van der Waals surface area contributed by atoms with Gasteiger partial charge in [-0.25, -0.2) is 9.37 Å². The molecule has 2 amide bonds. The van der Waals surface area contributed by atoms with Crippen LogP contribution in [0, 0.1) is 5.82 Å². The molecule has 0 saturated carbocycles. The van der Waals surface area contributed by atoms with Crippen molar-refractivity contribution in [2.45, 2.75) is 19.3 Å². The van der Waals surface area contributed by atoms with Gasteiger partial charge in [-0.05, 0) is 24.3 Å². The van der Waals surface area contributed by atoms with E-state index in [0.717, 1.165) is 0 Å². The van der Waals surface area contributed by atoms with Crippen LogP contribution in [0.15, 0.2) is 35.1 Å². The third kappa shape index (κ3) is 3.98. The maximum atomic E-state index is 13.2. The number of piperazine rings is 1. The molecular weight excluding hydrogens is 377 g/mol. The Labute approximate surface area is 166 Å². The standard InChI is InChI=1S/C20H22FN5O3/c1-13(27)24-6-8-25(9-7-24)20-22-17(11-18(28)23-20)14-10-19(29)26(12-14)16-4-2-15(21)3-5-16/h2-5,11,14H,6-10,12H2,1H3,(H,22,23,28)/t14-/m1/s1. The summed E-state index contributed by atoms with van der Waals surface area (Å²) in [4.78, 5) is 48.9. The molecule has 2 fully saturated rings. The number of halogens is 1. The van der Waals surface area contributed by atoms with Crippen molar-refractivity contribution < 1.29 is 14.0 Å². The maximum Gasteiger partial charge on any atom is 0.252 e. The van der Waals surface area contributed by atoms with E-state index in [4.69, 9.17) is 0 Å². The molecule has 0 spiro atoms. The van der Waals surface area contributed by atoms with E-state index >= 15 is 0 Å². The fourth-order valence-electron chi connectivity index (χ4n) is 3.83. The summed E-state index contributed by atoms with van der Waals surface area (Å²) in [6.45, 7) is 4.24. The Bertz CT molecular complexity index is 982. The molecule has 152 valence electrons. The van der Waals surface area contributed by atoms with E-state index in [1.54, 1.807) is 28.9 Å². The topological polar surface area (TPSA) is 89.6 Å². The Morgan fingerprint density at radius 2 is 1.83 bits per heavy atom. The molecule has 0 aliphatic carbocycles. The van der Waals surface area contributed by atoms with Crippen molar-refractivity contribution in [3.63, 3.8) is 0 Å². The summed E-state index contributed by atoms with van der Waals surface area (Å²) < 4.78 is 13.2. The first-order chi connectivity index (χ1) is 13.9. The van der Waals surface area contributed by atoms with Crippen LogP contribution in [0.5, 0.6) is 0 Å². The van der Waals surface area contributed by atoms with Crippen LogP contribution >= 0.6 is 0 Å². The lowest BCUT2D eigenvalue weighted by Crippen LogP contribution is -2.49. The molecule has 1 atom stereocenters. The SMILES string of the molecule is CC(=O)N1CCN(c2nc([C@@H]3CC(=O)N(c4ccc(F)cc4)C3)cc(=O)[nH]2)CC1. The maximum absolute atomic E-state index is 13.2. The van der Waals surface area contributed by atoms with Crippen molar-refractivity contribution in [1.29, 1.82) is 0 Å². The number of rotatable bonds is 3. The molecule has 3 heterocycles. The quantitative estimate of drug-likeness (QED) is 0.835. The van der Waals surface area contributed by atoms with E-state index in [2.05, 4.69) is 9.97 Å². The number of nitrogens with one attached hydrogen (secondary N) is 1. The zero-order chi connectivity index (χ0) is 20.5. The number of anilines is 2. The van der Waals surface area contributed by atoms with Crippen molar-refractivity contribution >= 4 is 23.5 Å². The molecule has 2 aliphatic rings. The summed E-state index contributed by atoms with van der Waals surface area (Å²) in [6.07, 6.45) is 0.241. The average molecular weight is 399 g/mol. The molecule has 2 aliphatic heterocycles. The fraction of sp³-hybridized carbons (Fsp3) is 0.400. The van der Waals surface area contributed by atoms with Gasteiger partial charge in [0.15, 0.2) is 0 Å². The molecule has 4 rings (SSSR count). The van der Waals surface area contributed by atoms with Crippen LogP contribution in [0.2, 0.25) is 0 Å². The van der Waals surface area contributed by atoms with Crippen molar-refractivity contribution in [1.82, 2.24) is 14.9 Å². The molecule has 1 N–H and O–H groups in total. The first-order valence-corrected chi connectivity index (χ1v) is 9.58. The van der Waals surface area contributed by atoms with Gasteiger partial charge in [-0.15, -0.1) is 0 Å². The van der Waals surface area contributed by atoms with Crippen molar-refractivity contribution in [2.75, 3.05) is 42.5 Å². The lowest BCUT2D eigenvalue weighted by Gasteiger charge is -2.34. The molecule has 9 heteroatoms. The van der Waals surface area contributed by atoms with Crippen molar-refractivity contribution in [3.05, 3.63) is 52.2 Å². The average Bonchev–Trinajstić information content (AvgIpc) is 3.10. The Hall–Kier alpha value is -3.23. The van der Waals surface area contributed by atoms with Crippen LogP contribution in [-0.4, -0.2) is 59.4 Å². The smallest absolute Gasteiger partial charge is 0.252 e. The van der Waals surface area contributed by atoms with Gasteiger partial charge < -0.3 is 14.7 Å². The number of amides is 2. The van der Waals surface area contributed by atoms with Crippen LogP contribution in [0.1, 0.15) is 25.0 Å². The highest BCUT2D eigenvalue weighted by molar-refractivity contribution is 5.96. The number of hydrogen-bond donors (Lipinski definition) is 1. The summed E-state index contributed by atoms with van der Waals surface area (Å²) >= 11 is 0. The highest BCUT2D eigenvalue weighted by Gasteiger charge is 2.33. The van der Waals surface area contributed by atoms with Crippen LogP contribution in [0.3, 0.4) is 0 Å². The van der Waals surface area contributed by atoms with Gasteiger partial charge in [-0.1, -0.05) is 0 Å². The highest BCUT2D eigenvalue weighted by Crippen LogP contribution is 2.31. The summed E-state index contributed by atoms with van der Waals surface area (Å²) in [6, 6.07) is 7.21. The van der Waals surface area contributed by atoms with Crippen LogP contribution < -0.4 is 15.4 Å². The molecule has 2 aromatic rings. The molecule has 1 aromatic carbocycles. The number of benzene rings is 1. The Morgan fingerprint density at radius 3 is 2.48 bits per heavy atom. The van der Waals surface area contributed by atoms with E-state index < -0.39 is 0 Å². The Morgan fingerprint density at radius 1 is 1.14 bits per heavy atom.